The maximum Gasteiger partial charge on any atom is 0.391 e. The molecule has 1 fully saturated rings. The predicted molar refractivity (Wildman–Crippen MR) is 71.0 cm³/mol. The second-order valence-corrected chi connectivity index (χ2v) is 5.46. The van der Waals surface area contributed by atoms with E-state index < -0.39 is 12.1 Å². The molecular weight excluding hydrogens is 291 g/mol. The molecule has 0 saturated carbocycles. The number of carbonyl (C=O) groups is 1. The summed E-state index contributed by atoms with van der Waals surface area (Å²) in [6.45, 7) is 0.777. The first-order chi connectivity index (χ1) is 9.36. The smallest absolute Gasteiger partial charge is 0.296 e. The zero-order valence-electron chi connectivity index (χ0n) is 10.8. The lowest BCUT2D eigenvalue weighted by Crippen LogP contribution is -2.41. The number of piperidine rings is 1. The quantitative estimate of drug-likeness (QED) is 0.792. The van der Waals surface area contributed by atoms with Gasteiger partial charge in [0.2, 0.25) is 0 Å². The number of ketones is 1. The Labute approximate surface area is 120 Å². The van der Waals surface area contributed by atoms with Gasteiger partial charge in [0.15, 0.2) is 5.78 Å². The van der Waals surface area contributed by atoms with Crippen LogP contribution in [-0.4, -0.2) is 36.5 Å². The second-order valence-electron chi connectivity index (χ2n) is 5.02. The van der Waals surface area contributed by atoms with Crippen LogP contribution in [0.1, 0.15) is 23.2 Å². The first-order valence-electron chi connectivity index (χ1n) is 6.44. The van der Waals surface area contributed by atoms with Crippen molar-refractivity contribution >= 4 is 17.4 Å². The van der Waals surface area contributed by atoms with E-state index in [1.165, 1.54) is 0 Å². The Hall–Kier alpha value is -1.07. The maximum absolute atomic E-state index is 12.5. The van der Waals surface area contributed by atoms with Crippen molar-refractivity contribution in [2.24, 2.45) is 5.92 Å². The van der Waals surface area contributed by atoms with Gasteiger partial charge in [-0.2, -0.15) is 13.2 Å². The van der Waals surface area contributed by atoms with Crippen molar-refractivity contribution < 1.29 is 18.0 Å². The second kappa shape index (κ2) is 6.14. The average Bonchev–Trinajstić information content (AvgIpc) is 2.39. The van der Waals surface area contributed by atoms with E-state index >= 15 is 0 Å². The first-order valence-corrected chi connectivity index (χ1v) is 6.82. The van der Waals surface area contributed by atoms with Crippen LogP contribution in [0.5, 0.6) is 0 Å². The lowest BCUT2D eigenvalue weighted by atomic mass is 9.96. The van der Waals surface area contributed by atoms with Gasteiger partial charge >= 0.3 is 6.18 Å². The number of nitrogens with zero attached hydrogens (tertiary/aromatic N) is 1. The van der Waals surface area contributed by atoms with Crippen molar-refractivity contribution in [1.29, 1.82) is 0 Å². The molecule has 110 valence electrons. The van der Waals surface area contributed by atoms with Gasteiger partial charge in [-0.3, -0.25) is 9.69 Å². The molecule has 1 heterocycles. The van der Waals surface area contributed by atoms with Gasteiger partial charge in [-0.05, 0) is 50.2 Å². The highest BCUT2D eigenvalue weighted by Gasteiger charge is 2.41. The highest BCUT2D eigenvalue weighted by atomic mass is 35.5. The van der Waals surface area contributed by atoms with Crippen molar-refractivity contribution in [3.05, 3.63) is 34.9 Å². The Bertz CT molecular complexity index is 464. The molecule has 1 saturated heterocycles. The third-order valence-corrected chi connectivity index (χ3v) is 3.84. The van der Waals surface area contributed by atoms with Crippen molar-refractivity contribution in [2.45, 2.75) is 19.0 Å². The number of alkyl halides is 3. The van der Waals surface area contributed by atoms with Crippen LogP contribution < -0.4 is 0 Å². The summed E-state index contributed by atoms with van der Waals surface area (Å²) in [6.07, 6.45) is -3.99. The van der Waals surface area contributed by atoms with Crippen molar-refractivity contribution in [1.82, 2.24) is 4.90 Å². The molecule has 6 heteroatoms. The number of Topliss-reactive ketones (excluding diaryl/α,β-unsaturated/α-hetero) is 1. The Morgan fingerprint density at radius 3 is 2.25 bits per heavy atom. The minimum Gasteiger partial charge on any atom is -0.296 e. The van der Waals surface area contributed by atoms with Crippen LogP contribution in [-0.2, 0) is 0 Å². The van der Waals surface area contributed by atoms with Gasteiger partial charge in [0.05, 0.1) is 12.5 Å². The number of likely N-dealkylation sites (tertiary alicyclic amines) is 1. The van der Waals surface area contributed by atoms with Gasteiger partial charge in [-0.1, -0.05) is 11.6 Å². The van der Waals surface area contributed by atoms with E-state index in [-0.39, 0.29) is 25.2 Å². The third kappa shape index (κ3) is 3.96. The number of carbonyl (C=O) groups excluding carboxylic acids is 1. The first kappa shape index (κ1) is 15.3. The third-order valence-electron chi connectivity index (χ3n) is 3.58. The highest BCUT2D eigenvalue weighted by molar-refractivity contribution is 6.30. The van der Waals surface area contributed by atoms with E-state index in [2.05, 4.69) is 0 Å². The zero-order valence-corrected chi connectivity index (χ0v) is 11.5. The summed E-state index contributed by atoms with van der Waals surface area (Å²) in [4.78, 5) is 13.8. The fourth-order valence-corrected chi connectivity index (χ4v) is 2.47. The van der Waals surface area contributed by atoms with E-state index in [1.807, 2.05) is 0 Å². The minimum absolute atomic E-state index is 0.0669. The standard InChI is InChI=1S/C14H15ClF3NO/c15-12-3-1-10(2-4-12)13(20)9-19-7-5-11(6-8-19)14(16,17)18/h1-4,11H,5-9H2. The van der Waals surface area contributed by atoms with E-state index in [0.29, 0.717) is 23.7 Å². The summed E-state index contributed by atoms with van der Waals surface area (Å²) < 4.78 is 37.6. The number of hydrogen-bond acceptors (Lipinski definition) is 2. The van der Waals surface area contributed by atoms with Crippen LogP contribution in [0.3, 0.4) is 0 Å². The van der Waals surface area contributed by atoms with Gasteiger partial charge in [0.1, 0.15) is 0 Å². The predicted octanol–water partition coefficient (Wildman–Crippen LogP) is 3.80. The Balaban J connectivity index is 1.86. The van der Waals surface area contributed by atoms with E-state index in [1.54, 1.807) is 29.2 Å². The summed E-state index contributed by atoms with van der Waals surface area (Å²) in [5.74, 6) is -1.32. The SMILES string of the molecule is O=C(CN1CCC(C(F)(F)F)CC1)c1ccc(Cl)cc1. The lowest BCUT2D eigenvalue weighted by molar-refractivity contribution is -0.184. The number of halogens is 4. The summed E-state index contributed by atoms with van der Waals surface area (Å²) in [5.41, 5.74) is 0.535. The summed E-state index contributed by atoms with van der Waals surface area (Å²) in [6, 6.07) is 6.52. The summed E-state index contributed by atoms with van der Waals surface area (Å²) in [7, 11) is 0. The topological polar surface area (TPSA) is 20.3 Å². The maximum atomic E-state index is 12.5. The molecule has 0 spiro atoms. The van der Waals surface area contributed by atoms with E-state index in [0.717, 1.165) is 0 Å². The largest absolute Gasteiger partial charge is 0.391 e. The van der Waals surface area contributed by atoms with Gasteiger partial charge in [-0.15, -0.1) is 0 Å². The average molecular weight is 306 g/mol. The van der Waals surface area contributed by atoms with Crippen molar-refractivity contribution in [3.8, 4) is 0 Å². The lowest BCUT2D eigenvalue weighted by Gasteiger charge is -2.32. The van der Waals surface area contributed by atoms with E-state index in [4.69, 9.17) is 11.6 Å². The van der Waals surface area contributed by atoms with Crippen LogP contribution in [0.2, 0.25) is 5.02 Å². The Kier molecular flexibility index (Phi) is 4.70. The minimum atomic E-state index is -4.12. The Morgan fingerprint density at radius 2 is 1.75 bits per heavy atom. The Morgan fingerprint density at radius 1 is 1.20 bits per heavy atom. The molecule has 0 bridgehead atoms. The van der Waals surface area contributed by atoms with Gasteiger partial charge in [-0.25, -0.2) is 0 Å². The fourth-order valence-electron chi connectivity index (χ4n) is 2.35. The van der Waals surface area contributed by atoms with Crippen LogP contribution in [0.4, 0.5) is 13.2 Å². The number of hydrogen-bond donors (Lipinski definition) is 0. The molecule has 1 aromatic rings. The zero-order chi connectivity index (χ0) is 14.8. The van der Waals surface area contributed by atoms with Crippen LogP contribution >= 0.6 is 11.6 Å². The summed E-state index contributed by atoms with van der Waals surface area (Å²) in [5, 5.41) is 0.549. The molecule has 20 heavy (non-hydrogen) atoms. The van der Waals surface area contributed by atoms with Crippen LogP contribution in [0.15, 0.2) is 24.3 Å². The fraction of sp³-hybridized carbons (Fsp3) is 0.500. The molecule has 0 N–H and O–H groups in total. The number of rotatable bonds is 3. The molecular formula is C14H15ClF3NO. The van der Waals surface area contributed by atoms with E-state index in [9.17, 15) is 18.0 Å². The number of benzene rings is 1. The molecule has 0 atom stereocenters. The van der Waals surface area contributed by atoms with Gasteiger partial charge < -0.3 is 0 Å². The van der Waals surface area contributed by atoms with Gasteiger partial charge in [0.25, 0.3) is 0 Å². The molecule has 2 nitrogen and oxygen atoms in total. The van der Waals surface area contributed by atoms with Crippen molar-refractivity contribution in [2.75, 3.05) is 19.6 Å². The summed E-state index contributed by atoms with van der Waals surface area (Å²) >= 11 is 5.74. The molecule has 0 aliphatic carbocycles. The molecule has 0 radical (unpaired) electrons. The molecule has 0 unspecified atom stereocenters. The molecule has 1 aliphatic rings. The molecule has 0 amide bonds. The van der Waals surface area contributed by atoms with Crippen molar-refractivity contribution in [3.63, 3.8) is 0 Å². The molecule has 1 aliphatic heterocycles. The monoisotopic (exact) mass is 305 g/mol. The molecule has 1 aromatic carbocycles. The van der Waals surface area contributed by atoms with Crippen LogP contribution in [0, 0.1) is 5.92 Å². The highest BCUT2D eigenvalue weighted by Crippen LogP contribution is 2.34. The molecule has 0 aromatic heterocycles. The van der Waals surface area contributed by atoms with Gasteiger partial charge in [0, 0.05) is 10.6 Å². The van der Waals surface area contributed by atoms with Crippen LogP contribution in [0.25, 0.3) is 0 Å². The molecule has 2 rings (SSSR count). The normalized spacial score (nSPS) is 18.2.